The van der Waals surface area contributed by atoms with Crippen molar-refractivity contribution in [1.82, 2.24) is 9.97 Å². The summed E-state index contributed by atoms with van der Waals surface area (Å²) < 4.78 is 24.4. The molecule has 3 rings (SSSR count). The Kier molecular flexibility index (Phi) is 3.82. The van der Waals surface area contributed by atoms with Crippen LogP contribution < -0.4 is 9.47 Å². The van der Waals surface area contributed by atoms with Crippen LogP contribution in [0.4, 0.5) is 10.1 Å². The van der Waals surface area contributed by atoms with E-state index in [1.807, 2.05) is 0 Å². The minimum absolute atomic E-state index is 0.0195. The lowest BCUT2D eigenvalue weighted by atomic mass is 10.2. The standard InChI is InChI=1S/C15H10FN3O5/c1-23-14-5-9-11(6-12(14)20)17-7-18-15(9)24-13-3-2-8(19(21)22)4-10(13)16/h2-7,20H,1H3. The van der Waals surface area contributed by atoms with Gasteiger partial charge >= 0.3 is 0 Å². The highest BCUT2D eigenvalue weighted by Gasteiger charge is 2.15. The molecule has 24 heavy (non-hydrogen) atoms. The molecule has 0 atom stereocenters. The highest BCUT2D eigenvalue weighted by atomic mass is 19.1. The quantitative estimate of drug-likeness (QED) is 0.578. The molecule has 0 amide bonds. The Bertz CT molecular complexity index is 948. The molecule has 1 heterocycles. The fraction of sp³-hybridized carbons (Fsp3) is 0.0667. The molecule has 0 aliphatic rings. The first kappa shape index (κ1) is 15.4. The molecule has 0 aliphatic carbocycles. The molecule has 3 aromatic rings. The van der Waals surface area contributed by atoms with Gasteiger partial charge in [0.25, 0.3) is 5.69 Å². The Hall–Kier alpha value is -3.49. The van der Waals surface area contributed by atoms with Gasteiger partial charge in [-0.3, -0.25) is 10.1 Å². The van der Waals surface area contributed by atoms with Gasteiger partial charge < -0.3 is 14.6 Å². The first-order valence-electron chi connectivity index (χ1n) is 6.63. The lowest BCUT2D eigenvalue weighted by Crippen LogP contribution is -1.96. The topological polar surface area (TPSA) is 108 Å². The minimum Gasteiger partial charge on any atom is -0.504 e. The number of non-ortho nitro benzene ring substituents is 1. The molecular weight excluding hydrogens is 321 g/mol. The zero-order valence-electron chi connectivity index (χ0n) is 12.3. The van der Waals surface area contributed by atoms with E-state index < -0.39 is 10.7 Å². The molecule has 0 saturated heterocycles. The Balaban J connectivity index is 2.05. The number of nitro groups is 1. The van der Waals surface area contributed by atoms with Crippen molar-refractivity contribution in [2.45, 2.75) is 0 Å². The Morgan fingerprint density at radius 3 is 2.67 bits per heavy atom. The largest absolute Gasteiger partial charge is 0.504 e. The number of ether oxygens (including phenoxy) is 2. The second-order valence-electron chi connectivity index (χ2n) is 4.69. The summed E-state index contributed by atoms with van der Waals surface area (Å²) in [6.45, 7) is 0. The fourth-order valence-electron chi connectivity index (χ4n) is 2.08. The van der Waals surface area contributed by atoms with Gasteiger partial charge in [0.15, 0.2) is 23.1 Å². The van der Waals surface area contributed by atoms with Crippen molar-refractivity contribution in [3.8, 4) is 23.1 Å². The molecule has 0 aliphatic heterocycles. The summed E-state index contributed by atoms with van der Waals surface area (Å²) >= 11 is 0. The van der Waals surface area contributed by atoms with Crippen LogP contribution in [-0.2, 0) is 0 Å². The minimum atomic E-state index is -0.901. The van der Waals surface area contributed by atoms with E-state index in [9.17, 15) is 19.6 Å². The van der Waals surface area contributed by atoms with Crippen LogP contribution in [0.2, 0.25) is 0 Å². The number of halogens is 1. The first-order chi connectivity index (χ1) is 11.5. The number of hydrogen-bond donors (Lipinski definition) is 1. The number of rotatable bonds is 4. The molecule has 0 unspecified atom stereocenters. The molecule has 0 saturated carbocycles. The zero-order chi connectivity index (χ0) is 17.3. The molecule has 122 valence electrons. The summed E-state index contributed by atoms with van der Waals surface area (Å²) in [5.41, 5.74) is -0.0281. The van der Waals surface area contributed by atoms with E-state index in [-0.39, 0.29) is 28.8 Å². The van der Waals surface area contributed by atoms with E-state index >= 15 is 0 Å². The van der Waals surface area contributed by atoms with Crippen molar-refractivity contribution in [2.24, 2.45) is 0 Å². The zero-order valence-corrected chi connectivity index (χ0v) is 12.3. The molecular formula is C15H10FN3O5. The first-order valence-corrected chi connectivity index (χ1v) is 6.63. The van der Waals surface area contributed by atoms with Crippen LogP contribution in [0.3, 0.4) is 0 Å². The highest BCUT2D eigenvalue weighted by Crippen LogP contribution is 2.35. The number of methoxy groups -OCH3 is 1. The molecule has 1 aromatic heterocycles. The highest BCUT2D eigenvalue weighted by molar-refractivity contribution is 5.86. The number of aromatic hydroxyl groups is 1. The van der Waals surface area contributed by atoms with E-state index in [4.69, 9.17) is 9.47 Å². The number of fused-ring (bicyclic) bond motifs is 1. The summed E-state index contributed by atoms with van der Waals surface area (Å²) in [6, 6.07) is 5.82. The van der Waals surface area contributed by atoms with E-state index in [2.05, 4.69) is 9.97 Å². The summed E-state index contributed by atoms with van der Waals surface area (Å²) in [4.78, 5) is 17.9. The SMILES string of the molecule is COc1cc2c(Oc3ccc([N+](=O)[O-])cc3F)ncnc2cc1O. The normalized spacial score (nSPS) is 10.6. The predicted molar refractivity (Wildman–Crippen MR) is 80.9 cm³/mol. The average Bonchev–Trinajstić information content (AvgIpc) is 2.56. The lowest BCUT2D eigenvalue weighted by molar-refractivity contribution is -0.385. The predicted octanol–water partition coefficient (Wildman–Crippen LogP) is 3.18. The van der Waals surface area contributed by atoms with Crippen LogP contribution in [0.5, 0.6) is 23.1 Å². The molecule has 1 N–H and O–H groups in total. The Morgan fingerprint density at radius 2 is 2.00 bits per heavy atom. The van der Waals surface area contributed by atoms with Crippen LogP contribution in [-0.4, -0.2) is 27.1 Å². The summed E-state index contributed by atoms with van der Waals surface area (Å²) in [5.74, 6) is -1.05. The third-order valence-corrected chi connectivity index (χ3v) is 3.23. The van der Waals surface area contributed by atoms with Gasteiger partial charge in [-0.25, -0.2) is 14.4 Å². The maximum atomic E-state index is 14.0. The average molecular weight is 331 g/mol. The maximum Gasteiger partial charge on any atom is 0.272 e. The van der Waals surface area contributed by atoms with Gasteiger partial charge in [0.1, 0.15) is 6.33 Å². The van der Waals surface area contributed by atoms with Crippen molar-refractivity contribution in [2.75, 3.05) is 7.11 Å². The summed E-state index contributed by atoms with van der Waals surface area (Å²) in [7, 11) is 1.38. The van der Waals surface area contributed by atoms with Gasteiger partial charge in [-0.1, -0.05) is 0 Å². The Labute approximate surface area is 134 Å². The van der Waals surface area contributed by atoms with Crippen LogP contribution in [0, 0.1) is 15.9 Å². The monoisotopic (exact) mass is 331 g/mol. The van der Waals surface area contributed by atoms with E-state index in [1.165, 1.54) is 25.6 Å². The van der Waals surface area contributed by atoms with Gasteiger partial charge in [-0.2, -0.15) is 0 Å². The Morgan fingerprint density at radius 1 is 1.21 bits per heavy atom. The van der Waals surface area contributed by atoms with Gasteiger partial charge in [0.2, 0.25) is 5.88 Å². The number of aromatic nitrogens is 2. The van der Waals surface area contributed by atoms with Crippen molar-refractivity contribution in [3.05, 3.63) is 52.6 Å². The van der Waals surface area contributed by atoms with Crippen LogP contribution >= 0.6 is 0 Å². The molecule has 9 heteroatoms. The molecule has 0 radical (unpaired) electrons. The second kappa shape index (κ2) is 5.95. The van der Waals surface area contributed by atoms with Crippen molar-refractivity contribution < 1.29 is 23.9 Å². The lowest BCUT2D eigenvalue weighted by Gasteiger charge is -2.10. The second-order valence-corrected chi connectivity index (χ2v) is 4.69. The van der Waals surface area contributed by atoms with Gasteiger partial charge in [-0.05, 0) is 12.1 Å². The van der Waals surface area contributed by atoms with Crippen LogP contribution in [0.25, 0.3) is 10.9 Å². The third-order valence-electron chi connectivity index (χ3n) is 3.23. The van der Waals surface area contributed by atoms with Crippen molar-refractivity contribution in [3.63, 3.8) is 0 Å². The number of phenolic OH excluding ortho intramolecular Hbond substituents is 1. The van der Waals surface area contributed by atoms with Gasteiger partial charge in [0.05, 0.1) is 29.0 Å². The van der Waals surface area contributed by atoms with Gasteiger partial charge in [0, 0.05) is 12.1 Å². The van der Waals surface area contributed by atoms with Crippen molar-refractivity contribution in [1.29, 1.82) is 0 Å². The molecule has 2 aromatic carbocycles. The molecule has 0 fully saturated rings. The number of benzene rings is 2. The van der Waals surface area contributed by atoms with Crippen molar-refractivity contribution >= 4 is 16.6 Å². The number of phenols is 1. The fourth-order valence-corrected chi connectivity index (χ4v) is 2.08. The number of nitro benzene ring substituents is 1. The summed E-state index contributed by atoms with van der Waals surface area (Å²) in [6.07, 6.45) is 1.19. The third kappa shape index (κ3) is 2.74. The number of nitrogens with zero attached hydrogens (tertiary/aromatic N) is 3. The van der Waals surface area contributed by atoms with Crippen LogP contribution in [0.1, 0.15) is 0 Å². The number of hydrogen-bond acceptors (Lipinski definition) is 7. The van der Waals surface area contributed by atoms with E-state index in [0.717, 1.165) is 18.2 Å². The molecule has 0 bridgehead atoms. The smallest absolute Gasteiger partial charge is 0.272 e. The molecule has 0 spiro atoms. The molecule has 8 nitrogen and oxygen atoms in total. The van der Waals surface area contributed by atoms with E-state index in [0.29, 0.717) is 10.9 Å². The van der Waals surface area contributed by atoms with Gasteiger partial charge in [-0.15, -0.1) is 0 Å². The summed E-state index contributed by atoms with van der Waals surface area (Å²) in [5, 5.41) is 20.8. The maximum absolute atomic E-state index is 14.0. The van der Waals surface area contributed by atoms with Crippen LogP contribution in [0.15, 0.2) is 36.7 Å². The van der Waals surface area contributed by atoms with E-state index in [1.54, 1.807) is 0 Å².